The predicted molar refractivity (Wildman–Crippen MR) is 215 cm³/mol. The van der Waals surface area contributed by atoms with E-state index in [9.17, 15) is 65.6 Å². The zero-order valence-corrected chi connectivity index (χ0v) is 35.1. The fourth-order valence-corrected chi connectivity index (χ4v) is 5.01. The van der Waals surface area contributed by atoms with E-state index in [4.69, 9.17) is 24.4 Å². The molecule has 0 aromatic heterocycles. The van der Waals surface area contributed by atoms with Gasteiger partial charge in [0.2, 0.25) is 17.8 Å². The first kappa shape index (κ1) is 55.9. The second kappa shape index (κ2) is 27.1. The molecule has 64 heavy (non-hydrogen) atoms. The Morgan fingerprint density at radius 2 is 0.844 bits per heavy atom. The second-order valence-electron chi connectivity index (χ2n) is 14.6. The molecule has 356 valence electrons. The van der Waals surface area contributed by atoms with Gasteiger partial charge in [-0.2, -0.15) is 0 Å². The van der Waals surface area contributed by atoms with E-state index >= 15 is 0 Å². The highest BCUT2D eigenvalue weighted by molar-refractivity contribution is 5.80. The van der Waals surface area contributed by atoms with Crippen molar-refractivity contribution in [2.75, 3.05) is 0 Å². The van der Waals surface area contributed by atoms with Crippen LogP contribution in [0.1, 0.15) is 63.6 Å². The number of aliphatic hydroxyl groups is 3. The third kappa shape index (κ3) is 26.4. The van der Waals surface area contributed by atoms with E-state index in [0.29, 0.717) is 25.0 Å². The van der Waals surface area contributed by atoms with Gasteiger partial charge in [-0.1, -0.05) is 91.0 Å². The Labute approximate surface area is 364 Å². The molecule has 0 bridgehead atoms. The van der Waals surface area contributed by atoms with Crippen LogP contribution in [0.2, 0.25) is 0 Å². The van der Waals surface area contributed by atoms with Gasteiger partial charge in [-0.3, -0.25) is 0 Å². The summed E-state index contributed by atoms with van der Waals surface area (Å²) in [4.78, 5) is 56.2. The third-order valence-electron chi connectivity index (χ3n) is 8.14. The van der Waals surface area contributed by atoms with Crippen molar-refractivity contribution in [1.82, 2.24) is 16.0 Å². The van der Waals surface area contributed by atoms with Crippen molar-refractivity contribution in [3.05, 3.63) is 108 Å². The summed E-state index contributed by atoms with van der Waals surface area (Å²) in [6.07, 6.45) is -11.2. The molecule has 0 heterocycles. The summed E-state index contributed by atoms with van der Waals surface area (Å²) in [5.41, 5.74) is 2.16. The van der Waals surface area contributed by atoms with Gasteiger partial charge in [-0.25, -0.2) is 50.3 Å². The van der Waals surface area contributed by atoms with Gasteiger partial charge in [0.15, 0.2) is 12.1 Å². The molecule has 0 saturated heterocycles. The van der Waals surface area contributed by atoms with Gasteiger partial charge in [0.1, 0.15) is 19.8 Å². The Morgan fingerprint density at radius 1 is 0.516 bits per heavy atom. The van der Waals surface area contributed by atoms with Crippen molar-refractivity contribution >= 4 is 30.2 Å². The monoisotopic (exact) mass is 921 g/mol. The average Bonchev–Trinajstić information content (AvgIpc) is 3.19. The molecule has 0 aliphatic heterocycles. The Kier molecular flexibility index (Phi) is 23.7. The van der Waals surface area contributed by atoms with E-state index in [0.717, 1.165) is 12.5 Å². The number of aliphatic hydroxyl groups excluding tert-OH is 3. The van der Waals surface area contributed by atoms with Crippen molar-refractivity contribution < 1.29 is 90.1 Å². The number of ether oxygens (including phenoxy) is 3. The number of carboxylic acids is 2. The molecular weight excluding hydrogens is 868 g/mol. The van der Waals surface area contributed by atoms with Crippen LogP contribution in [0.3, 0.4) is 0 Å². The molecule has 0 spiro atoms. The molecule has 0 radical (unpaired) electrons. The second-order valence-corrected chi connectivity index (χ2v) is 14.6. The third-order valence-corrected chi connectivity index (χ3v) is 8.14. The Bertz CT molecular complexity index is 1850. The number of hydrogen-bond acceptors (Lipinski definition) is 11. The summed E-state index contributed by atoms with van der Waals surface area (Å²) < 4.78 is 91.6. The SMILES string of the molecule is CC(F)(F)CC(NC(=O)OCc1ccccc1)C(O)C(=O)O.CC(F)(F)CC(O)C(NC(=O)OCc1ccccc1)C(=O)O.CC(NC(=O)OCc1ccccc1)C(O)CC(C)(F)F. The van der Waals surface area contributed by atoms with Gasteiger partial charge in [0.05, 0.1) is 24.3 Å². The van der Waals surface area contributed by atoms with Gasteiger partial charge in [0, 0.05) is 19.3 Å². The summed E-state index contributed by atoms with van der Waals surface area (Å²) in [6.45, 7) is 3.13. The molecule has 6 unspecified atom stereocenters. The number of carboxylic acid groups (broad SMARTS) is 2. The lowest BCUT2D eigenvalue weighted by Crippen LogP contribution is -2.50. The molecule has 3 aromatic rings. The fourth-order valence-electron chi connectivity index (χ4n) is 5.01. The molecule has 16 nitrogen and oxygen atoms in total. The maximum atomic E-state index is 13.0. The number of benzene rings is 3. The summed E-state index contributed by atoms with van der Waals surface area (Å²) in [5.74, 6) is -12.8. The van der Waals surface area contributed by atoms with Crippen molar-refractivity contribution in [3.8, 4) is 0 Å². The highest BCUT2D eigenvalue weighted by Gasteiger charge is 2.37. The number of alkyl carbamates (subject to hydrolysis) is 3. The largest absolute Gasteiger partial charge is 0.480 e. The minimum Gasteiger partial charge on any atom is -0.480 e. The summed E-state index contributed by atoms with van der Waals surface area (Å²) in [5, 5.41) is 52.2. The number of carbonyl (C=O) groups is 5. The van der Waals surface area contributed by atoms with Gasteiger partial charge < -0.3 is 55.7 Å². The number of alkyl halides is 6. The van der Waals surface area contributed by atoms with Gasteiger partial charge in [-0.15, -0.1) is 0 Å². The molecule has 0 aliphatic carbocycles. The summed E-state index contributed by atoms with van der Waals surface area (Å²) in [6, 6.07) is 21.9. The van der Waals surface area contributed by atoms with Gasteiger partial charge in [0.25, 0.3) is 0 Å². The van der Waals surface area contributed by atoms with Crippen molar-refractivity contribution in [2.45, 2.75) is 121 Å². The smallest absolute Gasteiger partial charge is 0.408 e. The zero-order valence-electron chi connectivity index (χ0n) is 35.1. The topological polar surface area (TPSA) is 250 Å². The molecule has 0 saturated carbocycles. The van der Waals surface area contributed by atoms with E-state index in [1.807, 2.05) is 28.8 Å². The predicted octanol–water partition coefficient (Wildman–Crippen LogP) is 6.25. The minimum atomic E-state index is -3.26. The van der Waals surface area contributed by atoms with Crippen LogP contribution in [0.25, 0.3) is 0 Å². The first-order valence-electron chi connectivity index (χ1n) is 19.2. The van der Waals surface area contributed by atoms with Crippen LogP contribution in [0.4, 0.5) is 40.7 Å². The van der Waals surface area contributed by atoms with Crippen LogP contribution >= 0.6 is 0 Å². The molecule has 22 heteroatoms. The number of carbonyl (C=O) groups excluding carboxylic acids is 3. The van der Waals surface area contributed by atoms with Crippen molar-refractivity contribution in [1.29, 1.82) is 0 Å². The molecular formula is C42H53F6N3O13. The summed E-state index contributed by atoms with van der Waals surface area (Å²) >= 11 is 0. The molecule has 0 aliphatic rings. The Balaban J connectivity index is 0.000000481. The lowest BCUT2D eigenvalue weighted by molar-refractivity contribution is -0.149. The van der Waals surface area contributed by atoms with E-state index in [1.54, 1.807) is 72.8 Å². The van der Waals surface area contributed by atoms with E-state index in [1.165, 1.54) is 6.92 Å². The highest BCUT2D eigenvalue weighted by atomic mass is 19.3. The number of nitrogens with one attached hydrogen (secondary N) is 3. The van der Waals surface area contributed by atoms with E-state index in [2.05, 4.69) is 5.32 Å². The molecule has 3 aromatic carbocycles. The van der Waals surface area contributed by atoms with E-state index in [-0.39, 0.29) is 19.8 Å². The number of amides is 3. The van der Waals surface area contributed by atoms with Crippen LogP contribution < -0.4 is 16.0 Å². The fraction of sp³-hybridized carbons (Fsp3) is 0.452. The lowest BCUT2D eigenvalue weighted by atomic mass is 10.0. The van der Waals surface area contributed by atoms with Crippen molar-refractivity contribution in [2.24, 2.45) is 0 Å². The van der Waals surface area contributed by atoms with Crippen LogP contribution in [0, 0.1) is 0 Å². The van der Waals surface area contributed by atoms with Crippen LogP contribution in [-0.4, -0.2) is 110 Å². The summed E-state index contributed by atoms with van der Waals surface area (Å²) in [7, 11) is 0. The Morgan fingerprint density at radius 3 is 1.17 bits per heavy atom. The zero-order chi connectivity index (χ0) is 48.7. The maximum absolute atomic E-state index is 13.0. The van der Waals surface area contributed by atoms with E-state index < -0.39 is 104 Å². The molecule has 3 amide bonds. The highest BCUT2D eigenvalue weighted by Crippen LogP contribution is 2.22. The van der Waals surface area contributed by atoms with Gasteiger partial charge >= 0.3 is 30.2 Å². The van der Waals surface area contributed by atoms with Crippen molar-refractivity contribution in [3.63, 3.8) is 0 Å². The number of hydrogen-bond donors (Lipinski definition) is 8. The standard InChI is InChI=1S/2C14H17F2NO5.C14H19F2NO3/c1-14(15,16)7-10(18)11(12(19)20)17-13(21)22-8-9-5-3-2-4-6-9;1-14(15,16)7-10(11(18)12(19)20)17-13(21)22-8-9-5-3-2-4-6-9;1-10(12(18)8-14(2,15)16)17-13(19)20-9-11-6-4-3-5-7-11/h2*2-6,10-11,18H,7-8H2,1H3,(H,17,21)(H,19,20);3-7,10,12,18H,8-9H2,1-2H3,(H,17,19). The number of rotatable bonds is 20. The number of aliphatic carboxylic acids is 2. The molecule has 0 fully saturated rings. The first-order chi connectivity index (χ1) is 29.7. The Hall–Kier alpha value is -6.13. The quantitative estimate of drug-likeness (QED) is 0.0462. The van der Waals surface area contributed by atoms with Crippen LogP contribution in [0.15, 0.2) is 91.0 Å². The maximum Gasteiger partial charge on any atom is 0.408 e. The molecule has 3 rings (SSSR count). The first-order valence-corrected chi connectivity index (χ1v) is 19.2. The van der Waals surface area contributed by atoms with Crippen LogP contribution in [0.5, 0.6) is 0 Å². The lowest BCUT2D eigenvalue weighted by Gasteiger charge is -2.23. The number of halogens is 6. The normalized spacial score (nSPS) is 14.1. The average molecular weight is 922 g/mol. The molecule has 6 atom stereocenters. The minimum absolute atomic E-state index is 0.0828. The molecule has 8 N–H and O–H groups in total. The van der Waals surface area contributed by atoms with Gasteiger partial charge in [-0.05, 0) is 44.4 Å². The van der Waals surface area contributed by atoms with Crippen LogP contribution in [-0.2, 0) is 43.6 Å².